The van der Waals surface area contributed by atoms with Crippen LogP contribution in [0.1, 0.15) is 37.9 Å². The van der Waals surface area contributed by atoms with E-state index in [1.54, 1.807) is 36.0 Å². The highest BCUT2D eigenvalue weighted by atomic mass is 35.5. The average Bonchev–Trinajstić information content (AvgIpc) is 3.12. The Balaban J connectivity index is 1.81. The maximum absolute atomic E-state index is 17.4. The van der Waals surface area contributed by atoms with Crippen molar-refractivity contribution in [2.24, 2.45) is 0 Å². The first-order chi connectivity index (χ1) is 21.8. The molecule has 13 heteroatoms. The van der Waals surface area contributed by atoms with E-state index in [1.807, 2.05) is 25.7 Å². The zero-order valence-electron chi connectivity index (χ0n) is 25.9. The third-order valence-corrected chi connectivity index (χ3v) is 9.22. The van der Waals surface area contributed by atoms with Crippen LogP contribution in [0.25, 0.3) is 27.7 Å². The largest absolute Gasteiger partial charge is 0.507 e. The molecule has 1 fully saturated rings. The van der Waals surface area contributed by atoms with Gasteiger partial charge in [-0.25, -0.2) is 18.0 Å². The molecule has 2 aromatic carbocycles. The molecule has 6 rings (SSSR count). The summed E-state index contributed by atoms with van der Waals surface area (Å²) in [5, 5.41) is 10.6. The number of carbonyl (C=O) groups excluding carboxylic acids is 1. The zero-order valence-corrected chi connectivity index (χ0v) is 26.7. The summed E-state index contributed by atoms with van der Waals surface area (Å²) in [6.07, 6.45) is 2.82. The molecule has 2 aliphatic rings. The van der Waals surface area contributed by atoms with Gasteiger partial charge in [-0.3, -0.25) is 14.3 Å². The van der Waals surface area contributed by atoms with Crippen LogP contribution in [-0.2, 0) is 4.79 Å². The molecule has 0 bridgehead atoms. The molecule has 0 saturated carbocycles. The molecule has 2 unspecified atom stereocenters. The lowest BCUT2D eigenvalue weighted by molar-refractivity contribution is -0.128. The lowest BCUT2D eigenvalue weighted by Crippen LogP contribution is -2.61. The number of piperazine rings is 1. The van der Waals surface area contributed by atoms with E-state index in [1.165, 1.54) is 6.08 Å². The summed E-state index contributed by atoms with van der Waals surface area (Å²) >= 11 is 6.97. The van der Waals surface area contributed by atoms with E-state index in [9.17, 15) is 19.1 Å². The lowest BCUT2D eigenvalue weighted by atomic mass is 9.98. The van der Waals surface area contributed by atoms with Gasteiger partial charge in [-0.05, 0) is 49.6 Å². The second-order valence-electron chi connectivity index (χ2n) is 12.1. The molecular formula is C33H32ClF3N6O3. The second-order valence-corrected chi connectivity index (χ2v) is 12.5. The first-order valence-corrected chi connectivity index (χ1v) is 15.2. The number of aryl methyl sites for hydroxylation is 1. The molecule has 2 aliphatic heterocycles. The minimum atomic E-state index is -1.50. The number of nitrogens with zero attached hydrogens (tertiary/aromatic N) is 6. The molecule has 46 heavy (non-hydrogen) atoms. The molecule has 0 aliphatic carbocycles. The van der Waals surface area contributed by atoms with Crippen molar-refractivity contribution in [3.05, 3.63) is 81.3 Å². The van der Waals surface area contributed by atoms with Gasteiger partial charge in [0, 0.05) is 44.5 Å². The summed E-state index contributed by atoms with van der Waals surface area (Å²) in [5.41, 5.74) is -0.928. The fourth-order valence-electron chi connectivity index (χ4n) is 6.72. The first-order valence-electron chi connectivity index (χ1n) is 14.8. The number of halogens is 4. The van der Waals surface area contributed by atoms with E-state index in [-0.39, 0.29) is 64.9 Å². The number of rotatable bonds is 4. The predicted molar refractivity (Wildman–Crippen MR) is 172 cm³/mol. The average molecular weight is 653 g/mol. The summed E-state index contributed by atoms with van der Waals surface area (Å²) in [6.45, 7) is 11.7. The van der Waals surface area contributed by atoms with E-state index in [4.69, 9.17) is 11.6 Å². The molecule has 4 aromatic rings. The van der Waals surface area contributed by atoms with Crippen molar-refractivity contribution in [1.82, 2.24) is 19.4 Å². The minimum Gasteiger partial charge on any atom is -0.507 e. The Morgan fingerprint density at radius 1 is 1.11 bits per heavy atom. The SMILES string of the molecule is C=CC(=O)N1CC2CN(C)c3c(Cl)c(-c4c(O)ccc(F)c4F)c(F)c4c3c(nc(=O)n4-c3c(C)ccnc3C(C)C)N2CC1C. The zero-order chi connectivity index (χ0) is 33.4. The fourth-order valence-corrected chi connectivity index (χ4v) is 7.14. The number of likely N-dealkylation sites (N-methyl/N-ethyl adjacent to an activating group) is 1. The summed E-state index contributed by atoms with van der Waals surface area (Å²) in [5.74, 6) is -5.03. The van der Waals surface area contributed by atoms with Crippen molar-refractivity contribution < 1.29 is 23.1 Å². The maximum Gasteiger partial charge on any atom is 0.354 e. The van der Waals surface area contributed by atoms with E-state index in [2.05, 4.69) is 16.5 Å². The molecule has 1 N–H and O–H groups in total. The number of pyridine rings is 1. The molecule has 2 atom stereocenters. The van der Waals surface area contributed by atoms with Gasteiger partial charge in [0.2, 0.25) is 5.91 Å². The smallest absolute Gasteiger partial charge is 0.354 e. The molecule has 9 nitrogen and oxygen atoms in total. The predicted octanol–water partition coefficient (Wildman–Crippen LogP) is 5.70. The normalized spacial score (nSPS) is 17.8. The van der Waals surface area contributed by atoms with E-state index in [0.717, 1.165) is 16.7 Å². The molecule has 240 valence electrons. The number of aromatic nitrogens is 3. The van der Waals surface area contributed by atoms with Crippen molar-refractivity contribution in [2.45, 2.75) is 45.7 Å². The Hall–Kier alpha value is -4.58. The van der Waals surface area contributed by atoms with Gasteiger partial charge in [0.25, 0.3) is 0 Å². The Bertz CT molecular complexity index is 2020. The van der Waals surface area contributed by atoms with Crippen LogP contribution in [0.4, 0.5) is 24.7 Å². The van der Waals surface area contributed by atoms with Crippen molar-refractivity contribution in [2.75, 3.05) is 36.5 Å². The molecule has 2 aromatic heterocycles. The third-order valence-electron chi connectivity index (χ3n) is 8.85. The Morgan fingerprint density at radius 3 is 2.50 bits per heavy atom. The van der Waals surface area contributed by atoms with E-state index in [0.29, 0.717) is 16.9 Å². The standard InChI is InChI=1S/C33H32ClF3N6O3/c1-7-21(45)41-14-18-13-40(6)30-24-31(27(37)23(25(30)34)22-20(44)9-8-19(35)26(22)36)43(29-16(4)10-11-38-28(29)15(2)3)33(46)39-32(24)42(18)12-17(41)5/h7-11,15,17-18,44H,1,12-14H2,2-6H3. The van der Waals surface area contributed by atoms with Crippen LogP contribution in [0.3, 0.4) is 0 Å². The molecule has 0 spiro atoms. The molecular weight excluding hydrogens is 621 g/mol. The van der Waals surface area contributed by atoms with Crippen molar-refractivity contribution in [3.8, 4) is 22.6 Å². The van der Waals surface area contributed by atoms with Crippen LogP contribution in [0.5, 0.6) is 5.75 Å². The number of phenols is 1. The molecule has 1 amide bonds. The van der Waals surface area contributed by atoms with Crippen molar-refractivity contribution in [1.29, 1.82) is 0 Å². The maximum atomic E-state index is 17.4. The fraction of sp³-hybridized carbons (Fsp3) is 0.333. The highest BCUT2D eigenvalue weighted by Gasteiger charge is 2.41. The van der Waals surface area contributed by atoms with Gasteiger partial charge >= 0.3 is 5.69 Å². The van der Waals surface area contributed by atoms with Gasteiger partial charge in [-0.1, -0.05) is 32.0 Å². The molecule has 1 saturated heterocycles. The number of benzene rings is 2. The van der Waals surface area contributed by atoms with Crippen LogP contribution >= 0.6 is 11.6 Å². The Morgan fingerprint density at radius 2 is 1.83 bits per heavy atom. The summed E-state index contributed by atoms with van der Waals surface area (Å²) in [6, 6.07) is 2.58. The Labute approximate surface area is 268 Å². The minimum absolute atomic E-state index is 0.141. The Kier molecular flexibility index (Phi) is 7.74. The van der Waals surface area contributed by atoms with Gasteiger partial charge in [-0.2, -0.15) is 4.98 Å². The number of hydrogen-bond donors (Lipinski definition) is 1. The number of anilines is 2. The highest BCUT2D eigenvalue weighted by Crippen LogP contribution is 2.51. The van der Waals surface area contributed by atoms with Gasteiger partial charge in [0.15, 0.2) is 17.5 Å². The second kappa shape index (κ2) is 11.3. The number of phenolic OH excluding ortho intramolecular Hbond substituents is 1. The number of carbonyl (C=O) groups is 1. The third kappa shape index (κ3) is 4.60. The van der Waals surface area contributed by atoms with Crippen molar-refractivity contribution >= 4 is 39.9 Å². The summed E-state index contributed by atoms with van der Waals surface area (Å²) < 4.78 is 48.6. The first kappa shape index (κ1) is 31.4. The van der Waals surface area contributed by atoms with Crippen LogP contribution in [0, 0.1) is 24.4 Å². The van der Waals surface area contributed by atoms with Gasteiger partial charge in [0.05, 0.1) is 39.1 Å². The summed E-state index contributed by atoms with van der Waals surface area (Å²) in [7, 11) is 1.69. The number of amides is 1. The molecule has 0 radical (unpaired) electrons. The molecule has 4 heterocycles. The van der Waals surface area contributed by atoms with E-state index >= 15 is 8.78 Å². The van der Waals surface area contributed by atoms with Gasteiger partial charge in [0.1, 0.15) is 17.1 Å². The number of aromatic hydroxyl groups is 1. The number of fused-ring (bicyclic) bond motifs is 2. The van der Waals surface area contributed by atoms with Gasteiger partial charge < -0.3 is 19.8 Å². The lowest BCUT2D eigenvalue weighted by Gasteiger charge is -2.45. The monoisotopic (exact) mass is 652 g/mol. The van der Waals surface area contributed by atoms with Crippen LogP contribution in [0.2, 0.25) is 5.02 Å². The van der Waals surface area contributed by atoms with E-state index < -0.39 is 46.1 Å². The summed E-state index contributed by atoms with van der Waals surface area (Å²) in [4.78, 5) is 41.3. The highest BCUT2D eigenvalue weighted by molar-refractivity contribution is 6.38. The topological polar surface area (TPSA) is 94.8 Å². The van der Waals surface area contributed by atoms with Crippen LogP contribution in [-0.4, -0.2) is 69.2 Å². The van der Waals surface area contributed by atoms with Crippen LogP contribution < -0.4 is 15.5 Å². The van der Waals surface area contributed by atoms with Crippen molar-refractivity contribution in [3.63, 3.8) is 0 Å². The van der Waals surface area contributed by atoms with Gasteiger partial charge in [-0.15, -0.1) is 0 Å². The van der Waals surface area contributed by atoms with Crippen LogP contribution in [0.15, 0.2) is 41.8 Å². The number of hydrogen-bond acceptors (Lipinski definition) is 7. The quantitative estimate of drug-likeness (QED) is 0.283.